The van der Waals surface area contributed by atoms with Gasteiger partial charge in [0.25, 0.3) is 5.56 Å². The number of nitrogens with zero attached hydrogens (tertiary/aromatic N) is 2. The summed E-state index contributed by atoms with van der Waals surface area (Å²) in [5.41, 5.74) is 3.67. The van der Waals surface area contributed by atoms with E-state index in [1.165, 1.54) is 11.3 Å². The Morgan fingerprint density at radius 2 is 1.74 bits per heavy atom. The third-order valence-corrected chi connectivity index (χ3v) is 9.50. The molecule has 0 N–H and O–H groups in total. The molecular weight excluding hydrogens is 783 g/mol. The van der Waals surface area contributed by atoms with Crippen LogP contribution in [-0.2, 0) is 19.1 Å². The van der Waals surface area contributed by atoms with Crippen molar-refractivity contribution in [3.8, 4) is 5.75 Å². The Morgan fingerprint density at radius 1 is 1.04 bits per heavy atom. The van der Waals surface area contributed by atoms with Crippen LogP contribution in [0.3, 0.4) is 0 Å². The molecule has 1 aliphatic heterocycles. The molecule has 0 radical (unpaired) electrons. The van der Waals surface area contributed by atoms with E-state index in [0.717, 1.165) is 24.7 Å². The Kier molecular flexibility index (Phi) is 11.0. The first-order chi connectivity index (χ1) is 22.1. The van der Waals surface area contributed by atoms with Gasteiger partial charge in [-0.3, -0.25) is 9.36 Å². The van der Waals surface area contributed by atoms with Gasteiger partial charge in [-0.25, -0.2) is 14.6 Å². The van der Waals surface area contributed by atoms with Crippen molar-refractivity contribution < 1.29 is 23.8 Å². The van der Waals surface area contributed by atoms with Gasteiger partial charge in [0.15, 0.2) is 11.4 Å². The third kappa shape index (κ3) is 7.21. The molecule has 0 aliphatic carbocycles. The van der Waals surface area contributed by atoms with Crippen LogP contribution in [0.5, 0.6) is 5.75 Å². The lowest BCUT2D eigenvalue weighted by Crippen LogP contribution is -2.40. The van der Waals surface area contributed by atoms with Gasteiger partial charge in [0.1, 0.15) is 5.75 Å². The monoisotopic (exact) mass is 814 g/mol. The van der Waals surface area contributed by atoms with Crippen LogP contribution in [-0.4, -0.2) is 36.3 Å². The Balaban J connectivity index is 1.76. The molecule has 3 aromatic carbocycles. The average Bonchev–Trinajstić information content (AvgIpc) is 3.34. The Morgan fingerprint density at radius 3 is 2.39 bits per heavy atom. The van der Waals surface area contributed by atoms with Gasteiger partial charge in [0, 0.05) is 15.6 Å². The number of hydrogen-bond acceptors (Lipinski definition) is 8. The first-order valence-electron chi connectivity index (χ1n) is 14.8. The van der Waals surface area contributed by atoms with Crippen LogP contribution >= 0.6 is 49.9 Å². The SMILES string of the molecule is CCOC(=O)COc1c(I)cc(Br)cc1/C=c1\sc2n(c1=O)[C@@H](c1ccc(C(C)C)cc1)C(C(=O)OCC)=C(c1ccccc1)N=2. The maximum absolute atomic E-state index is 14.4. The predicted molar refractivity (Wildman–Crippen MR) is 191 cm³/mol. The van der Waals surface area contributed by atoms with Gasteiger partial charge in [0.2, 0.25) is 0 Å². The fourth-order valence-corrected chi connectivity index (χ4v) is 7.83. The lowest BCUT2D eigenvalue weighted by atomic mass is 9.91. The minimum atomic E-state index is -0.781. The maximum atomic E-state index is 14.4. The van der Waals surface area contributed by atoms with Crippen LogP contribution in [0.4, 0.5) is 0 Å². The quantitative estimate of drug-likeness (QED) is 0.137. The van der Waals surface area contributed by atoms with Crippen molar-refractivity contribution in [1.29, 1.82) is 0 Å². The van der Waals surface area contributed by atoms with Gasteiger partial charge in [0.05, 0.1) is 38.6 Å². The molecule has 11 heteroatoms. The molecule has 0 amide bonds. The van der Waals surface area contributed by atoms with E-state index in [1.54, 1.807) is 24.5 Å². The van der Waals surface area contributed by atoms with Crippen molar-refractivity contribution >= 4 is 73.6 Å². The number of fused-ring (bicyclic) bond motifs is 1. The summed E-state index contributed by atoms with van der Waals surface area (Å²) in [6.07, 6.45) is 1.73. The fourth-order valence-electron chi connectivity index (χ4n) is 5.13. The zero-order chi connectivity index (χ0) is 33.0. The van der Waals surface area contributed by atoms with Gasteiger partial charge in [-0.2, -0.15) is 0 Å². The number of carbonyl (C=O) groups is 2. The molecule has 238 valence electrons. The molecule has 0 saturated carbocycles. The lowest BCUT2D eigenvalue weighted by molar-refractivity contribution is -0.145. The second kappa shape index (κ2) is 14.9. The summed E-state index contributed by atoms with van der Waals surface area (Å²) in [5, 5.41) is 0. The number of rotatable bonds is 10. The molecule has 0 bridgehead atoms. The highest BCUT2D eigenvalue weighted by Gasteiger charge is 2.35. The molecule has 1 atom stereocenters. The Hall–Kier alpha value is -3.55. The molecular formula is C35H32BrIN2O6S. The van der Waals surface area contributed by atoms with E-state index in [2.05, 4.69) is 52.4 Å². The molecule has 2 heterocycles. The molecule has 8 nitrogen and oxygen atoms in total. The number of ether oxygens (including phenoxy) is 3. The molecule has 0 unspecified atom stereocenters. The number of benzene rings is 3. The fraction of sp³-hybridized carbons (Fsp3) is 0.257. The Bertz CT molecular complexity index is 1980. The molecule has 0 saturated heterocycles. The van der Waals surface area contributed by atoms with Gasteiger partial charge < -0.3 is 14.2 Å². The summed E-state index contributed by atoms with van der Waals surface area (Å²) in [5.74, 6) is -0.270. The van der Waals surface area contributed by atoms with Gasteiger partial charge in [-0.1, -0.05) is 95.7 Å². The van der Waals surface area contributed by atoms with E-state index in [9.17, 15) is 14.4 Å². The third-order valence-electron chi connectivity index (χ3n) is 7.26. The minimum Gasteiger partial charge on any atom is -0.480 e. The molecule has 4 aromatic rings. The van der Waals surface area contributed by atoms with E-state index in [4.69, 9.17) is 19.2 Å². The van der Waals surface area contributed by atoms with E-state index in [1.807, 2.05) is 66.7 Å². The van der Waals surface area contributed by atoms with Crippen molar-refractivity contribution in [2.24, 2.45) is 4.99 Å². The number of carbonyl (C=O) groups excluding carboxylic acids is 2. The number of aromatic nitrogens is 1. The first kappa shape index (κ1) is 33.8. The zero-order valence-electron chi connectivity index (χ0n) is 25.7. The van der Waals surface area contributed by atoms with Crippen molar-refractivity contribution in [3.63, 3.8) is 0 Å². The van der Waals surface area contributed by atoms with E-state index in [0.29, 0.717) is 37.8 Å². The first-order valence-corrected chi connectivity index (χ1v) is 17.5. The maximum Gasteiger partial charge on any atom is 0.344 e. The van der Waals surface area contributed by atoms with Gasteiger partial charge in [-0.05, 0) is 71.7 Å². The smallest absolute Gasteiger partial charge is 0.344 e. The summed E-state index contributed by atoms with van der Waals surface area (Å²) < 4.78 is 20.0. The number of thiazole rings is 1. The highest BCUT2D eigenvalue weighted by Crippen LogP contribution is 2.36. The molecule has 1 aliphatic rings. The Labute approximate surface area is 292 Å². The van der Waals surface area contributed by atoms with Crippen LogP contribution in [0.25, 0.3) is 11.8 Å². The summed E-state index contributed by atoms with van der Waals surface area (Å²) in [7, 11) is 0. The van der Waals surface area contributed by atoms with Gasteiger partial charge >= 0.3 is 11.9 Å². The largest absolute Gasteiger partial charge is 0.480 e. The zero-order valence-corrected chi connectivity index (χ0v) is 30.3. The van der Waals surface area contributed by atoms with E-state index < -0.39 is 18.0 Å². The second-order valence-electron chi connectivity index (χ2n) is 10.7. The number of esters is 2. The number of hydrogen-bond donors (Lipinski definition) is 0. The minimum absolute atomic E-state index is 0.171. The van der Waals surface area contributed by atoms with Crippen LogP contribution in [0, 0.1) is 3.57 Å². The highest BCUT2D eigenvalue weighted by atomic mass is 127. The number of halogens is 2. The average molecular weight is 816 g/mol. The second-order valence-corrected chi connectivity index (χ2v) is 13.7. The molecule has 5 rings (SSSR count). The van der Waals surface area contributed by atoms with Crippen molar-refractivity contribution in [3.05, 3.63) is 122 Å². The van der Waals surface area contributed by atoms with Gasteiger partial charge in [-0.15, -0.1) is 0 Å². The summed E-state index contributed by atoms with van der Waals surface area (Å²) >= 11 is 6.89. The summed E-state index contributed by atoms with van der Waals surface area (Å²) in [6.45, 7) is 7.85. The normalized spacial score (nSPS) is 14.6. The molecule has 0 spiro atoms. The summed E-state index contributed by atoms with van der Waals surface area (Å²) in [6, 6.07) is 20.3. The van der Waals surface area contributed by atoms with Crippen LogP contribution in [0.15, 0.2) is 86.6 Å². The van der Waals surface area contributed by atoms with Crippen LogP contribution in [0.1, 0.15) is 61.9 Å². The van der Waals surface area contributed by atoms with Crippen molar-refractivity contribution in [1.82, 2.24) is 4.57 Å². The highest BCUT2D eigenvalue weighted by molar-refractivity contribution is 14.1. The standard InChI is InChI=1S/C35H32BrIN2O6S/c1-5-43-28(40)19-45-32-24(16-25(36)18-26(32)37)17-27-33(41)39-31(23-14-12-21(13-15-23)20(3)4)29(34(42)44-6-2)30(38-35(39)46-27)22-10-8-7-9-11-22/h7-18,20,31H,5-6,19H2,1-4H3/b27-17-/t31-/m0/s1. The van der Waals surface area contributed by atoms with E-state index in [-0.39, 0.29) is 25.4 Å². The van der Waals surface area contributed by atoms with Crippen LogP contribution < -0.4 is 19.6 Å². The van der Waals surface area contributed by atoms with E-state index >= 15 is 0 Å². The van der Waals surface area contributed by atoms with Crippen LogP contribution in [0.2, 0.25) is 0 Å². The van der Waals surface area contributed by atoms with Crippen molar-refractivity contribution in [2.45, 2.75) is 39.7 Å². The molecule has 46 heavy (non-hydrogen) atoms. The van der Waals surface area contributed by atoms with Crippen molar-refractivity contribution in [2.75, 3.05) is 19.8 Å². The predicted octanol–water partition coefficient (Wildman–Crippen LogP) is 6.37. The topological polar surface area (TPSA) is 96.2 Å². The molecule has 1 aromatic heterocycles. The lowest BCUT2D eigenvalue weighted by Gasteiger charge is -2.26. The summed E-state index contributed by atoms with van der Waals surface area (Å²) in [4.78, 5) is 45.5. The molecule has 0 fully saturated rings.